The van der Waals surface area contributed by atoms with E-state index in [1.165, 1.54) is 0 Å². The van der Waals surface area contributed by atoms with Crippen molar-refractivity contribution in [1.82, 2.24) is 4.98 Å². The van der Waals surface area contributed by atoms with Crippen LogP contribution < -0.4 is 5.32 Å². The highest BCUT2D eigenvalue weighted by Gasteiger charge is 2.61. The van der Waals surface area contributed by atoms with Crippen LogP contribution in [0.3, 0.4) is 0 Å². The third kappa shape index (κ3) is 5.23. The van der Waals surface area contributed by atoms with E-state index in [0.717, 1.165) is 0 Å². The first-order valence-electron chi connectivity index (χ1n) is 7.54. The van der Waals surface area contributed by atoms with Crippen LogP contribution in [0.1, 0.15) is 32.1 Å². The third-order valence-electron chi connectivity index (χ3n) is 3.56. The summed E-state index contributed by atoms with van der Waals surface area (Å²) in [4.78, 5) is 13.9. The van der Waals surface area contributed by atoms with Gasteiger partial charge in [-0.1, -0.05) is 11.3 Å². The maximum Gasteiger partial charge on any atom is 0.459 e. The van der Waals surface area contributed by atoms with Gasteiger partial charge < -0.3 is 5.11 Å². The molecule has 0 aliphatic carbocycles. The predicted octanol–water partition coefficient (Wildman–Crippen LogP) is 5.58. The molecule has 4 nitrogen and oxygen atoms in total. The number of carbonyl (C=O) groups excluding carboxylic acids is 1. The summed E-state index contributed by atoms with van der Waals surface area (Å²) in [6, 6.07) is -0.223. The molecule has 1 aromatic heterocycles. The Morgan fingerprint density at radius 3 is 1.77 bits per heavy atom. The molecule has 1 aromatic carbocycles. The molecule has 2 N–H and O–H groups in total. The van der Waals surface area contributed by atoms with Gasteiger partial charge in [0.1, 0.15) is 5.69 Å². The monoisotopic (exact) mass is 488 g/mol. The Balaban J connectivity index is 2.47. The summed E-state index contributed by atoms with van der Waals surface area (Å²) >= 11 is -0.0725. The molecule has 1 heterocycles. The first kappa shape index (κ1) is 24.8. The van der Waals surface area contributed by atoms with Gasteiger partial charge >= 0.3 is 24.5 Å². The van der Waals surface area contributed by atoms with E-state index in [0.29, 0.717) is 0 Å². The van der Waals surface area contributed by atoms with E-state index >= 15 is 0 Å². The molecular weight excluding hydrogens is 481 g/mol. The molecule has 0 unspecified atom stereocenters. The number of thiazole rings is 1. The Kier molecular flexibility index (Phi) is 6.30. The lowest BCUT2D eigenvalue weighted by molar-refractivity contribution is -0.291. The largest absolute Gasteiger partial charge is 0.459 e. The summed E-state index contributed by atoms with van der Waals surface area (Å²) in [5.41, 5.74) is -6.89. The first-order valence-corrected chi connectivity index (χ1v) is 8.36. The highest BCUT2D eigenvalue weighted by Crippen LogP contribution is 2.46. The van der Waals surface area contributed by atoms with Gasteiger partial charge in [-0.3, -0.25) is 10.1 Å². The fourth-order valence-corrected chi connectivity index (χ4v) is 3.00. The van der Waals surface area contributed by atoms with Crippen LogP contribution in [0.5, 0.6) is 0 Å². The fraction of sp³-hybridized carbons (Fsp3) is 0.333. The number of hydrogen-bond acceptors (Lipinski definition) is 4. The van der Waals surface area contributed by atoms with Crippen molar-refractivity contribution < 1.29 is 58.2 Å². The molecule has 0 aliphatic heterocycles. The van der Waals surface area contributed by atoms with Crippen LogP contribution in [0, 0.1) is 0 Å². The topological polar surface area (TPSA) is 62.2 Å². The van der Waals surface area contributed by atoms with Crippen molar-refractivity contribution in [3.8, 4) is 0 Å². The van der Waals surface area contributed by atoms with Crippen molar-refractivity contribution in [2.24, 2.45) is 0 Å². The van der Waals surface area contributed by atoms with Gasteiger partial charge in [-0.25, -0.2) is 4.98 Å². The minimum Gasteiger partial charge on any atom is -0.391 e. The molecule has 0 atom stereocenters. The van der Waals surface area contributed by atoms with Gasteiger partial charge in [0.15, 0.2) is 5.13 Å². The zero-order chi connectivity index (χ0) is 24.0. The Morgan fingerprint density at radius 1 is 0.903 bits per heavy atom. The number of amides is 1. The van der Waals surface area contributed by atoms with Gasteiger partial charge in [0.25, 0.3) is 5.91 Å². The molecule has 1 amide bonds. The zero-order valence-electron chi connectivity index (χ0n) is 14.3. The number of rotatable bonds is 4. The van der Waals surface area contributed by atoms with Crippen molar-refractivity contribution in [2.75, 3.05) is 5.32 Å². The molecule has 0 saturated carbocycles. The average molecular weight is 488 g/mol. The summed E-state index contributed by atoms with van der Waals surface area (Å²) in [7, 11) is 0. The van der Waals surface area contributed by atoms with E-state index in [-0.39, 0.29) is 29.5 Å². The summed E-state index contributed by atoms with van der Waals surface area (Å²) in [5.74, 6) is -7.25. The maximum absolute atomic E-state index is 13.5. The molecular formula is C15H7F11N2O2S. The van der Waals surface area contributed by atoms with Crippen LogP contribution >= 0.6 is 11.3 Å². The quantitative estimate of drug-likeness (QED) is 0.553. The van der Waals surface area contributed by atoms with Crippen LogP contribution in [0.25, 0.3) is 0 Å². The Hall–Kier alpha value is -2.49. The van der Waals surface area contributed by atoms with Crippen molar-refractivity contribution in [3.63, 3.8) is 0 Å². The number of nitrogens with zero attached hydrogens (tertiary/aromatic N) is 1. The van der Waals surface area contributed by atoms with Crippen LogP contribution in [-0.4, -0.2) is 22.2 Å². The van der Waals surface area contributed by atoms with Gasteiger partial charge in [-0.15, -0.1) is 0 Å². The van der Waals surface area contributed by atoms with Gasteiger partial charge in [-0.2, -0.15) is 48.3 Å². The van der Waals surface area contributed by atoms with Crippen molar-refractivity contribution in [2.45, 2.75) is 31.1 Å². The number of alkyl halides is 11. The number of halogens is 11. The Morgan fingerprint density at radius 2 is 1.39 bits per heavy atom. The number of aromatic nitrogens is 1. The lowest BCUT2D eigenvalue weighted by Crippen LogP contribution is -2.34. The van der Waals surface area contributed by atoms with Gasteiger partial charge in [0.05, 0.1) is 22.6 Å². The predicted molar refractivity (Wildman–Crippen MR) is 82.4 cm³/mol. The molecule has 0 bridgehead atoms. The Bertz CT molecular complexity index is 945. The number of nitrogens with one attached hydrogen (secondary N) is 1. The molecule has 2 aromatic rings. The van der Waals surface area contributed by atoms with E-state index < -0.39 is 69.4 Å². The molecule has 0 fully saturated rings. The fourth-order valence-electron chi connectivity index (χ4n) is 2.15. The summed E-state index contributed by atoms with van der Waals surface area (Å²) in [6.45, 7) is -1.36. The van der Waals surface area contributed by atoms with Gasteiger partial charge in [0, 0.05) is 5.56 Å². The number of anilines is 1. The minimum atomic E-state index is -6.13. The van der Waals surface area contributed by atoms with E-state index in [1.54, 1.807) is 5.32 Å². The molecule has 172 valence electrons. The molecule has 0 saturated heterocycles. The second kappa shape index (κ2) is 7.89. The minimum absolute atomic E-state index is 0.0242. The second-order valence-corrected chi connectivity index (χ2v) is 6.85. The molecule has 0 radical (unpaired) electrons. The van der Waals surface area contributed by atoms with E-state index in [2.05, 4.69) is 4.98 Å². The van der Waals surface area contributed by atoms with Crippen LogP contribution in [0.4, 0.5) is 53.4 Å². The summed E-state index contributed by atoms with van der Waals surface area (Å²) in [5, 5.41) is 9.51. The number of hydrogen-bond donors (Lipinski definition) is 2. The van der Waals surface area contributed by atoms with Crippen LogP contribution in [0.15, 0.2) is 18.2 Å². The van der Waals surface area contributed by atoms with Crippen LogP contribution in [-0.2, 0) is 24.9 Å². The SMILES string of the molecule is O=C(Nc1nc(C(F)(F)C(F)(F)F)c(CO)s1)c1cc(C(F)(F)F)cc(C(F)(F)F)c1. The first-order chi connectivity index (χ1) is 13.9. The van der Waals surface area contributed by atoms with E-state index in [1.807, 2.05) is 0 Å². The normalized spacial score (nSPS) is 13.4. The number of carbonyl (C=O) groups is 1. The third-order valence-corrected chi connectivity index (χ3v) is 4.52. The zero-order valence-corrected chi connectivity index (χ0v) is 15.1. The van der Waals surface area contributed by atoms with Crippen molar-refractivity contribution in [3.05, 3.63) is 45.5 Å². The lowest BCUT2D eigenvalue weighted by Gasteiger charge is -2.18. The number of benzene rings is 1. The average Bonchev–Trinajstić information content (AvgIpc) is 3.02. The summed E-state index contributed by atoms with van der Waals surface area (Å²) < 4.78 is 142. The van der Waals surface area contributed by atoms with Gasteiger partial charge in [0.2, 0.25) is 0 Å². The van der Waals surface area contributed by atoms with E-state index in [9.17, 15) is 53.1 Å². The molecule has 0 spiro atoms. The lowest BCUT2D eigenvalue weighted by atomic mass is 10.0. The number of aliphatic hydroxyl groups excluding tert-OH is 1. The Labute approximate surface area is 168 Å². The standard InChI is InChI=1S/C15H7F11N2O2S/c16-12(17,15(24,25)26)9-8(4-29)31-11(27-9)28-10(30)5-1-6(13(18,19)20)3-7(2-5)14(21,22)23/h1-3,29H,4H2,(H,27,28,30). The molecule has 31 heavy (non-hydrogen) atoms. The molecule has 2 rings (SSSR count). The molecule has 16 heteroatoms. The van der Waals surface area contributed by atoms with E-state index in [4.69, 9.17) is 5.11 Å². The second-order valence-electron chi connectivity index (χ2n) is 5.77. The van der Waals surface area contributed by atoms with Gasteiger partial charge in [-0.05, 0) is 18.2 Å². The van der Waals surface area contributed by atoms with Crippen LogP contribution in [0.2, 0.25) is 0 Å². The highest BCUT2D eigenvalue weighted by atomic mass is 32.1. The maximum atomic E-state index is 13.5. The molecule has 0 aliphatic rings. The smallest absolute Gasteiger partial charge is 0.391 e. The summed E-state index contributed by atoms with van der Waals surface area (Å²) in [6.07, 6.45) is -16.7. The van der Waals surface area contributed by atoms with Crippen molar-refractivity contribution in [1.29, 1.82) is 0 Å². The number of aliphatic hydroxyl groups is 1. The van der Waals surface area contributed by atoms with Crippen molar-refractivity contribution >= 4 is 22.4 Å². The highest BCUT2D eigenvalue weighted by molar-refractivity contribution is 7.15.